The molecule has 1 radical (unpaired) electrons. The molecule has 0 aliphatic rings. The summed E-state index contributed by atoms with van der Waals surface area (Å²) in [5.74, 6) is -0.531. The third-order valence-electron chi connectivity index (χ3n) is 2.80. The van der Waals surface area contributed by atoms with E-state index in [-0.39, 0.29) is 0 Å². The Morgan fingerprint density at radius 2 is 1.37 bits per heavy atom. The van der Waals surface area contributed by atoms with E-state index >= 15 is 0 Å². The molecule has 19 heavy (non-hydrogen) atoms. The monoisotopic (exact) mass is 253 g/mol. The molecular weight excluding hydrogens is 240 g/mol. The van der Waals surface area contributed by atoms with Crippen LogP contribution in [0, 0.1) is 0 Å². The maximum Gasteiger partial charge on any atom is 0.304 e. The summed E-state index contributed by atoms with van der Waals surface area (Å²) in [5.41, 5.74) is -0.355. The Bertz CT molecular complexity index is 522. The first-order valence-corrected chi connectivity index (χ1v) is 5.89. The van der Waals surface area contributed by atoms with Crippen LogP contribution in [0.3, 0.4) is 0 Å². The zero-order valence-electron chi connectivity index (χ0n) is 10.5. The topological polar surface area (TPSA) is 43.4 Å². The first kappa shape index (κ1) is 13.0. The van der Waals surface area contributed by atoms with Crippen LogP contribution < -0.4 is 0 Å². The van der Waals surface area contributed by atoms with E-state index in [1.165, 1.54) is 6.92 Å². The van der Waals surface area contributed by atoms with Gasteiger partial charge in [-0.25, -0.2) is 0 Å². The van der Waals surface area contributed by atoms with Gasteiger partial charge in [0.15, 0.2) is 0 Å². The first-order valence-electron chi connectivity index (χ1n) is 5.89. The number of carbonyl (C=O) groups excluding carboxylic acids is 2. The van der Waals surface area contributed by atoms with E-state index in [9.17, 15) is 9.59 Å². The molecule has 0 aliphatic carbocycles. The Morgan fingerprint density at radius 1 is 0.947 bits per heavy atom. The number of ether oxygens (including phenoxy) is 1. The molecule has 0 saturated carbocycles. The maximum atomic E-state index is 11.6. The molecular formula is C16H13O3. The van der Waals surface area contributed by atoms with E-state index < -0.39 is 11.6 Å². The van der Waals surface area contributed by atoms with E-state index in [1.54, 1.807) is 48.5 Å². The van der Waals surface area contributed by atoms with Crippen molar-refractivity contribution < 1.29 is 14.3 Å². The summed E-state index contributed by atoms with van der Waals surface area (Å²) >= 11 is 0. The standard InChI is InChI=1S/C16H13O3/c1-13(18)19-16(12-17,14-8-4-2-5-9-14)15-10-6-3-7-11-15/h2-11H,1H3. The lowest BCUT2D eigenvalue weighted by Crippen LogP contribution is -2.34. The highest BCUT2D eigenvalue weighted by Gasteiger charge is 2.38. The van der Waals surface area contributed by atoms with Gasteiger partial charge >= 0.3 is 5.97 Å². The summed E-state index contributed by atoms with van der Waals surface area (Å²) < 4.78 is 5.30. The molecule has 3 nitrogen and oxygen atoms in total. The average Bonchev–Trinajstić information content (AvgIpc) is 2.46. The van der Waals surface area contributed by atoms with Gasteiger partial charge < -0.3 is 4.74 Å². The number of esters is 1. The van der Waals surface area contributed by atoms with Crippen LogP contribution in [-0.4, -0.2) is 12.3 Å². The largest absolute Gasteiger partial charge is 0.441 e. The van der Waals surface area contributed by atoms with E-state index in [0.29, 0.717) is 11.1 Å². The van der Waals surface area contributed by atoms with Gasteiger partial charge in [0.25, 0.3) is 6.29 Å². The van der Waals surface area contributed by atoms with Gasteiger partial charge in [-0.1, -0.05) is 60.7 Å². The van der Waals surface area contributed by atoms with Crippen molar-refractivity contribution in [2.75, 3.05) is 0 Å². The smallest absolute Gasteiger partial charge is 0.304 e. The van der Waals surface area contributed by atoms with Gasteiger partial charge in [-0.2, -0.15) is 0 Å². The third-order valence-corrected chi connectivity index (χ3v) is 2.80. The SMILES string of the molecule is CC(=O)OC([C]=O)(c1ccccc1)c1ccccc1. The minimum Gasteiger partial charge on any atom is -0.441 e. The van der Waals surface area contributed by atoms with E-state index in [2.05, 4.69) is 0 Å². The van der Waals surface area contributed by atoms with Crippen molar-refractivity contribution in [3.63, 3.8) is 0 Å². The lowest BCUT2D eigenvalue weighted by atomic mass is 9.87. The Labute approximate surface area is 111 Å². The molecule has 2 rings (SSSR count). The van der Waals surface area contributed by atoms with Gasteiger partial charge in [-0.3, -0.25) is 9.59 Å². The van der Waals surface area contributed by atoms with Crippen LogP contribution >= 0.6 is 0 Å². The Kier molecular flexibility index (Phi) is 3.76. The van der Waals surface area contributed by atoms with Crippen molar-refractivity contribution in [3.8, 4) is 0 Å². The van der Waals surface area contributed by atoms with E-state index in [4.69, 9.17) is 4.74 Å². The second-order valence-corrected chi connectivity index (χ2v) is 4.11. The predicted octanol–water partition coefficient (Wildman–Crippen LogP) is 2.60. The predicted molar refractivity (Wildman–Crippen MR) is 71.1 cm³/mol. The molecule has 0 bridgehead atoms. The molecule has 0 heterocycles. The number of hydrogen-bond donors (Lipinski definition) is 0. The van der Waals surface area contributed by atoms with Gasteiger partial charge in [0.2, 0.25) is 5.60 Å². The van der Waals surface area contributed by atoms with Gasteiger partial charge in [-0.15, -0.1) is 0 Å². The van der Waals surface area contributed by atoms with Crippen LogP contribution in [0.4, 0.5) is 0 Å². The normalized spacial score (nSPS) is 10.8. The molecule has 0 aliphatic heterocycles. The molecule has 95 valence electrons. The minimum atomic E-state index is -1.51. The molecule has 0 spiro atoms. The highest BCUT2D eigenvalue weighted by molar-refractivity contribution is 5.78. The second kappa shape index (κ2) is 5.48. The van der Waals surface area contributed by atoms with E-state index in [0.717, 1.165) is 0 Å². The van der Waals surface area contributed by atoms with Crippen LogP contribution in [0.2, 0.25) is 0 Å². The summed E-state index contributed by atoms with van der Waals surface area (Å²) in [6.07, 6.45) is 1.89. The first-order chi connectivity index (χ1) is 9.19. The number of rotatable bonds is 4. The maximum absolute atomic E-state index is 11.6. The Morgan fingerprint density at radius 3 is 1.68 bits per heavy atom. The molecule has 0 N–H and O–H groups in total. The minimum absolute atomic E-state index is 0.531. The quantitative estimate of drug-likeness (QED) is 0.787. The van der Waals surface area contributed by atoms with Crippen LogP contribution in [0.1, 0.15) is 18.1 Å². The molecule has 0 unspecified atom stereocenters. The molecule has 3 heteroatoms. The lowest BCUT2D eigenvalue weighted by molar-refractivity contribution is -0.148. The van der Waals surface area contributed by atoms with Gasteiger partial charge in [-0.05, 0) is 0 Å². The fourth-order valence-corrected chi connectivity index (χ4v) is 1.98. The summed E-state index contributed by atoms with van der Waals surface area (Å²) in [6, 6.07) is 17.8. The Balaban J connectivity index is 2.61. The highest BCUT2D eigenvalue weighted by atomic mass is 16.6. The van der Waals surface area contributed by atoms with Crippen molar-refractivity contribution in [2.45, 2.75) is 12.5 Å². The molecule has 2 aromatic carbocycles. The van der Waals surface area contributed by atoms with Crippen molar-refractivity contribution in [2.24, 2.45) is 0 Å². The number of benzene rings is 2. The Hall–Kier alpha value is -2.42. The molecule has 0 amide bonds. The van der Waals surface area contributed by atoms with Gasteiger partial charge in [0.1, 0.15) is 0 Å². The van der Waals surface area contributed by atoms with Gasteiger partial charge in [0.05, 0.1) is 0 Å². The van der Waals surface area contributed by atoms with Crippen LogP contribution in [0.25, 0.3) is 0 Å². The third kappa shape index (κ3) is 2.55. The van der Waals surface area contributed by atoms with Crippen molar-refractivity contribution >= 4 is 12.3 Å². The summed E-state index contributed by atoms with van der Waals surface area (Å²) in [7, 11) is 0. The lowest BCUT2D eigenvalue weighted by Gasteiger charge is -2.27. The molecule has 0 aromatic heterocycles. The van der Waals surface area contributed by atoms with E-state index in [1.807, 2.05) is 18.4 Å². The average molecular weight is 253 g/mol. The van der Waals surface area contributed by atoms with Crippen molar-refractivity contribution in [1.82, 2.24) is 0 Å². The summed E-state index contributed by atoms with van der Waals surface area (Å²) in [6.45, 7) is 1.28. The molecule has 2 aromatic rings. The fourth-order valence-electron chi connectivity index (χ4n) is 1.98. The molecule has 0 atom stereocenters. The molecule has 0 fully saturated rings. The summed E-state index contributed by atoms with van der Waals surface area (Å²) in [5, 5.41) is 0. The van der Waals surface area contributed by atoms with Gasteiger partial charge in [0, 0.05) is 18.1 Å². The number of hydrogen-bond acceptors (Lipinski definition) is 3. The fraction of sp³-hybridized carbons (Fsp3) is 0.125. The van der Waals surface area contributed by atoms with Crippen LogP contribution in [-0.2, 0) is 19.9 Å². The van der Waals surface area contributed by atoms with Crippen molar-refractivity contribution in [3.05, 3.63) is 71.8 Å². The summed E-state index contributed by atoms with van der Waals surface area (Å²) in [4.78, 5) is 22.9. The second-order valence-electron chi connectivity index (χ2n) is 4.11. The van der Waals surface area contributed by atoms with Crippen LogP contribution in [0.15, 0.2) is 60.7 Å². The highest BCUT2D eigenvalue weighted by Crippen LogP contribution is 2.31. The number of carbonyl (C=O) groups is 1. The zero-order chi connectivity index (χ0) is 13.7. The van der Waals surface area contributed by atoms with Crippen molar-refractivity contribution in [1.29, 1.82) is 0 Å². The zero-order valence-corrected chi connectivity index (χ0v) is 10.5. The van der Waals surface area contributed by atoms with Crippen LogP contribution in [0.5, 0.6) is 0 Å². The molecule has 0 saturated heterocycles.